The fraction of sp³-hybridized carbons (Fsp3) is 0.222. The molecule has 2 rings (SSSR count). The van der Waals surface area contributed by atoms with Gasteiger partial charge in [-0.05, 0) is 35.7 Å². The topological polar surface area (TPSA) is 55.4 Å². The Kier molecular flexibility index (Phi) is 5.63. The molecule has 0 spiro atoms. The second kappa shape index (κ2) is 7.68. The van der Waals surface area contributed by atoms with Gasteiger partial charge in [0.1, 0.15) is 11.6 Å². The van der Waals surface area contributed by atoms with Crippen LogP contribution < -0.4 is 5.32 Å². The molecule has 0 fully saturated rings. The summed E-state index contributed by atoms with van der Waals surface area (Å²) in [6, 6.07) is 9.52. The number of rotatable bonds is 5. The third-order valence-corrected chi connectivity index (χ3v) is 3.35. The molecule has 6 heteroatoms. The van der Waals surface area contributed by atoms with E-state index in [4.69, 9.17) is 4.74 Å². The van der Waals surface area contributed by atoms with Crippen LogP contribution in [-0.2, 0) is 9.53 Å². The largest absolute Gasteiger partial charge is 0.452 e. The van der Waals surface area contributed by atoms with Crippen LogP contribution in [0.25, 0.3) is 0 Å². The number of anilines is 1. The lowest BCUT2D eigenvalue weighted by molar-refractivity contribution is -0.119. The second-order valence-corrected chi connectivity index (χ2v) is 5.53. The SMILES string of the molecule is CC(C)c1ccc(C(=O)OCC(=O)Nc2cc(F)ccc2F)cc1. The molecule has 0 saturated heterocycles. The van der Waals surface area contributed by atoms with Crippen LogP contribution in [0.5, 0.6) is 0 Å². The summed E-state index contributed by atoms with van der Waals surface area (Å²) in [4.78, 5) is 23.5. The van der Waals surface area contributed by atoms with Crippen molar-refractivity contribution >= 4 is 17.6 Å². The van der Waals surface area contributed by atoms with Gasteiger partial charge in [-0.15, -0.1) is 0 Å². The summed E-state index contributed by atoms with van der Waals surface area (Å²) in [7, 11) is 0. The van der Waals surface area contributed by atoms with Crippen LogP contribution in [0.1, 0.15) is 35.7 Å². The van der Waals surface area contributed by atoms with Crippen LogP contribution in [0.3, 0.4) is 0 Å². The van der Waals surface area contributed by atoms with Gasteiger partial charge in [0, 0.05) is 6.07 Å². The monoisotopic (exact) mass is 333 g/mol. The maximum absolute atomic E-state index is 13.4. The van der Waals surface area contributed by atoms with Gasteiger partial charge in [-0.1, -0.05) is 26.0 Å². The zero-order chi connectivity index (χ0) is 17.7. The lowest BCUT2D eigenvalue weighted by Gasteiger charge is -2.09. The number of ether oxygens (including phenoxy) is 1. The summed E-state index contributed by atoms with van der Waals surface area (Å²) in [5.41, 5.74) is 1.08. The third kappa shape index (κ3) is 4.62. The number of amides is 1. The number of esters is 1. The van der Waals surface area contributed by atoms with E-state index in [1.807, 2.05) is 26.0 Å². The molecule has 0 aromatic heterocycles. The van der Waals surface area contributed by atoms with E-state index < -0.39 is 30.1 Å². The number of hydrogen-bond acceptors (Lipinski definition) is 3. The number of carbonyl (C=O) groups is 2. The summed E-state index contributed by atoms with van der Waals surface area (Å²) >= 11 is 0. The van der Waals surface area contributed by atoms with E-state index >= 15 is 0 Å². The van der Waals surface area contributed by atoms with Crippen molar-refractivity contribution in [3.05, 3.63) is 65.2 Å². The Morgan fingerprint density at radius 2 is 1.75 bits per heavy atom. The van der Waals surface area contributed by atoms with Crippen molar-refractivity contribution in [3.8, 4) is 0 Å². The molecule has 0 atom stereocenters. The number of nitrogens with one attached hydrogen (secondary N) is 1. The molecule has 2 aromatic rings. The molecule has 0 heterocycles. The van der Waals surface area contributed by atoms with E-state index in [0.29, 0.717) is 11.5 Å². The Morgan fingerprint density at radius 3 is 2.38 bits per heavy atom. The third-order valence-electron chi connectivity index (χ3n) is 3.35. The number of carbonyl (C=O) groups excluding carboxylic acids is 2. The minimum absolute atomic E-state index is 0.308. The fourth-order valence-electron chi connectivity index (χ4n) is 2.00. The van der Waals surface area contributed by atoms with Gasteiger partial charge in [0.15, 0.2) is 6.61 Å². The van der Waals surface area contributed by atoms with E-state index in [0.717, 1.165) is 23.8 Å². The predicted molar refractivity (Wildman–Crippen MR) is 85.8 cm³/mol. The van der Waals surface area contributed by atoms with Crippen molar-refractivity contribution in [1.29, 1.82) is 0 Å². The van der Waals surface area contributed by atoms with Gasteiger partial charge in [-0.25, -0.2) is 13.6 Å². The first kappa shape index (κ1) is 17.6. The second-order valence-electron chi connectivity index (χ2n) is 5.53. The van der Waals surface area contributed by atoms with E-state index in [1.54, 1.807) is 12.1 Å². The Balaban J connectivity index is 1.91. The van der Waals surface area contributed by atoms with Gasteiger partial charge >= 0.3 is 5.97 Å². The minimum Gasteiger partial charge on any atom is -0.452 e. The van der Waals surface area contributed by atoms with Gasteiger partial charge in [0.05, 0.1) is 11.3 Å². The van der Waals surface area contributed by atoms with E-state index in [9.17, 15) is 18.4 Å². The van der Waals surface area contributed by atoms with Crippen molar-refractivity contribution in [2.75, 3.05) is 11.9 Å². The Hall–Kier alpha value is -2.76. The first-order chi connectivity index (χ1) is 11.4. The van der Waals surface area contributed by atoms with Crippen molar-refractivity contribution in [2.24, 2.45) is 0 Å². The van der Waals surface area contributed by atoms with Crippen molar-refractivity contribution < 1.29 is 23.1 Å². The number of hydrogen-bond donors (Lipinski definition) is 1. The first-order valence-electron chi connectivity index (χ1n) is 7.39. The summed E-state index contributed by atoms with van der Waals surface area (Å²) in [6.45, 7) is 3.47. The van der Waals surface area contributed by atoms with Gasteiger partial charge in [-0.3, -0.25) is 4.79 Å². The maximum atomic E-state index is 13.4. The highest BCUT2D eigenvalue weighted by Crippen LogP contribution is 2.16. The van der Waals surface area contributed by atoms with Crippen LogP contribution in [-0.4, -0.2) is 18.5 Å². The molecular weight excluding hydrogens is 316 g/mol. The molecule has 4 nitrogen and oxygen atoms in total. The van der Waals surface area contributed by atoms with Gasteiger partial charge in [-0.2, -0.15) is 0 Å². The molecule has 0 unspecified atom stereocenters. The van der Waals surface area contributed by atoms with E-state index in [-0.39, 0.29) is 5.69 Å². The first-order valence-corrected chi connectivity index (χ1v) is 7.39. The molecule has 0 radical (unpaired) electrons. The maximum Gasteiger partial charge on any atom is 0.338 e. The fourth-order valence-corrected chi connectivity index (χ4v) is 2.00. The van der Waals surface area contributed by atoms with Gasteiger partial charge in [0.25, 0.3) is 5.91 Å². The quantitative estimate of drug-likeness (QED) is 0.845. The van der Waals surface area contributed by atoms with Crippen LogP contribution in [0.2, 0.25) is 0 Å². The average Bonchev–Trinajstić information content (AvgIpc) is 2.56. The highest BCUT2D eigenvalue weighted by Gasteiger charge is 2.13. The molecular formula is C18H17F2NO3. The standard InChI is InChI=1S/C18H17F2NO3/c1-11(2)12-3-5-13(6-4-12)18(23)24-10-17(22)21-16-9-14(19)7-8-15(16)20/h3-9,11H,10H2,1-2H3,(H,21,22). The smallest absolute Gasteiger partial charge is 0.338 e. The molecule has 1 N–H and O–H groups in total. The number of benzene rings is 2. The van der Waals surface area contributed by atoms with E-state index in [1.165, 1.54) is 0 Å². The van der Waals surface area contributed by atoms with Gasteiger partial charge in [0.2, 0.25) is 0 Å². The Labute approximate surface area is 138 Å². The van der Waals surface area contributed by atoms with Crippen molar-refractivity contribution in [1.82, 2.24) is 0 Å². The summed E-state index contributed by atoms with van der Waals surface area (Å²) in [5.74, 6) is -2.55. The molecule has 0 aliphatic heterocycles. The molecule has 126 valence electrons. The zero-order valence-electron chi connectivity index (χ0n) is 13.3. The van der Waals surface area contributed by atoms with Crippen LogP contribution in [0.15, 0.2) is 42.5 Å². The summed E-state index contributed by atoms with van der Waals surface area (Å²) in [5, 5.41) is 2.15. The van der Waals surface area contributed by atoms with Crippen molar-refractivity contribution in [3.63, 3.8) is 0 Å². The Morgan fingerprint density at radius 1 is 1.08 bits per heavy atom. The highest BCUT2D eigenvalue weighted by molar-refractivity contribution is 5.95. The van der Waals surface area contributed by atoms with E-state index in [2.05, 4.69) is 5.32 Å². The van der Waals surface area contributed by atoms with Gasteiger partial charge < -0.3 is 10.1 Å². The molecule has 2 aromatic carbocycles. The Bertz CT molecular complexity index is 742. The lowest BCUT2D eigenvalue weighted by Crippen LogP contribution is -2.21. The summed E-state index contributed by atoms with van der Waals surface area (Å²) < 4.78 is 31.3. The molecule has 0 saturated carbocycles. The molecule has 1 amide bonds. The summed E-state index contributed by atoms with van der Waals surface area (Å²) in [6.07, 6.45) is 0. The van der Waals surface area contributed by atoms with Crippen molar-refractivity contribution in [2.45, 2.75) is 19.8 Å². The lowest BCUT2D eigenvalue weighted by atomic mass is 10.0. The highest BCUT2D eigenvalue weighted by atomic mass is 19.1. The van der Waals surface area contributed by atoms with Crippen LogP contribution in [0, 0.1) is 11.6 Å². The molecule has 24 heavy (non-hydrogen) atoms. The molecule has 0 aliphatic carbocycles. The molecule has 0 aliphatic rings. The normalized spacial score (nSPS) is 10.5. The number of halogens is 2. The zero-order valence-corrected chi connectivity index (χ0v) is 13.3. The predicted octanol–water partition coefficient (Wildman–Crippen LogP) is 3.88. The molecule has 0 bridgehead atoms. The average molecular weight is 333 g/mol. The van der Waals surface area contributed by atoms with Crippen LogP contribution >= 0.6 is 0 Å². The van der Waals surface area contributed by atoms with Crippen LogP contribution in [0.4, 0.5) is 14.5 Å². The minimum atomic E-state index is -0.777.